The number of piperazine rings is 1. The van der Waals surface area contributed by atoms with Gasteiger partial charge >= 0.3 is 0 Å². The van der Waals surface area contributed by atoms with Crippen LogP contribution in [0.25, 0.3) is 11.3 Å². The third-order valence-corrected chi connectivity index (χ3v) is 7.07. The standard InChI is InChI=1S/C27H25ClN4OS/c28-22-13-11-21(12-14-22)25-20-34-27(29-25)31-17-15-30(16-18-31)19-26(33)32(23-7-3-1-4-8-23)24-9-5-2-6-10-24/h1-14,20H,15-19H2. The monoisotopic (exact) mass is 488 g/mol. The molecule has 0 unspecified atom stereocenters. The Kier molecular flexibility index (Phi) is 6.90. The molecule has 1 saturated heterocycles. The van der Waals surface area contributed by atoms with Crippen LogP contribution in [0.2, 0.25) is 5.02 Å². The molecule has 5 rings (SSSR count). The van der Waals surface area contributed by atoms with E-state index in [4.69, 9.17) is 16.6 Å². The average Bonchev–Trinajstić information content (AvgIpc) is 3.37. The molecule has 3 aromatic carbocycles. The quantitative estimate of drug-likeness (QED) is 0.336. The number of rotatable bonds is 6. The second-order valence-electron chi connectivity index (χ2n) is 8.19. The highest BCUT2D eigenvalue weighted by atomic mass is 35.5. The molecule has 34 heavy (non-hydrogen) atoms. The third kappa shape index (κ3) is 5.14. The number of hydrogen-bond donors (Lipinski definition) is 0. The SMILES string of the molecule is O=C(CN1CCN(c2nc(-c3ccc(Cl)cc3)cs2)CC1)N(c1ccccc1)c1ccccc1. The average molecular weight is 489 g/mol. The molecule has 0 atom stereocenters. The predicted molar refractivity (Wildman–Crippen MR) is 141 cm³/mol. The summed E-state index contributed by atoms with van der Waals surface area (Å²) in [5.41, 5.74) is 3.80. The van der Waals surface area contributed by atoms with Gasteiger partial charge in [0.2, 0.25) is 5.91 Å². The minimum absolute atomic E-state index is 0.0742. The van der Waals surface area contributed by atoms with E-state index in [1.54, 1.807) is 11.3 Å². The summed E-state index contributed by atoms with van der Waals surface area (Å²) in [6.07, 6.45) is 0. The Morgan fingerprint density at radius 1 is 0.853 bits per heavy atom. The van der Waals surface area contributed by atoms with Gasteiger partial charge < -0.3 is 4.90 Å². The fraction of sp³-hybridized carbons (Fsp3) is 0.185. The molecule has 0 spiro atoms. The predicted octanol–water partition coefficient (Wildman–Crippen LogP) is 5.95. The Morgan fingerprint density at radius 3 is 2.03 bits per heavy atom. The van der Waals surface area contributed by atoms with E-state index in [0.717, 1.165) is 59.0 Å². The molecule has 0 radical (unpaired) electrons. The van der Waals surface area contributed by atoms with Gasteiger partial charge in [0, 0.05) is 53.5 Å². The molecule has 1 aliphatic rings. The third-order valence-electron chi connectivity index (χ3n) is 5.91. The van der Waals surface area contributed by atoms with Gasteiger partial charge in [-0.3, -0.25) is 14.6 Å². The molecule has 5 nitrogen and oxygen atoms in total. The van der Waals surface area contributed by atoms with Crippen LogP contribution in [0.5, 0.6) is 0 Å². The minimum Gasteiger partial charge on any atom is -0.346 e. The number of thiazole rings is 1. The van der Waals surface area contributed by atoms with Crippen molar-refractivity contribution < 1.29 is 4.79 Å². The van der Waals surface area contributed by atoms with Crippen LogP contribution in [-0.2, 0) is 4.79 Å². The number of carbonyl (C=O) groups is 1. The van der Waals surface area contributed by atoms with Crippen molar-refractivity contribution in [3.8, 4) is 11.3 Å². The Balaban J connectivity index is 1.23. The number of hydrogen-bond acceptors (Lipinski definition) is 5. The zero-order valence-corrected chi connectivity index (χ0v) is 20.3. The lowest BCUT2D eigenvalue weighted by atomic mass is 10.2. The number of benzene rings is 3. The first kappa shape index (κ1) is 22.6. The molecule has 0 N–H and O–H groups in total. The number of nitrogens with zero attached hydrogens (tertiary/aromatic N) is 4. The largest absolute Gasteiger partial charge is 0.346 e. The van der Waals surface area contributed by atoms with Crippen molar-refractivity contribution in [3.63, 3.8) is 0 Å². The number of anilines is 3. The highest BCUT2D eigenvalue weighted by Gasteiger charge is 2.25. The molecule has 0 saturated carbocycles. The first-order chi connectivity index (χ1) is 16.7. The normalized spacial score (nSPS) is 14.2. The van der Waals surface area contributed by atoms with Gasteiger partial charge in [-0.2, -0.15) is 0 Å². The number of amides is 1. The summed E-state index contributed by atoms with van der Waals surface area (Å²) in [4.78, 5) is 24.6. The van der Waals surface area contributed by atoms with Crippen molar-refractivity contribution >= 4 is 45.4 Å². The summed E-state index contributed by atoms with van der Waals surface area (Å²) in [6, 6.07) is 27.5. The van der Waals surface area contributed by atoms with Crippen LogP contribution >= 0.6 is 22.9 Å². The van der Waals surface area contributed by atoms with Gasteiger partial charge in [-0.1, -0.05) is 60.1 Å². The Labute approximate surface area is 208 Å². The summed E-state index contributed by atoms with van der Waals surface area (Å²) in [5, 5.41) is 3.83. The molecule has 172 valence electrons. The van der Waals surface area contributed by atoms with E-state index in [-0.39, 0.29) is 5.91 Å². The first-order valence-electron chi connectivity index (χ1n) is 11.3. The fourth-order valence-corrected chi connectivity index (χ4v) is 5.13. The molecule has 1 fully saturated rings. The number of carbonyl (C=O) groups excluding carboxylic acids is 1. The maximum atomic E-state index is 13.4. The maximum Gasteiger partial charge on any atom is 0.245 e. The van der Waals surface area contributed by atoms with Crippen molar-refractivity contribution in [1.82, 2.24) is 9.88 Å². The van der Waals surface area contributed by atoms with Crippen LogP contribution in [-0.4, -0.2) is 48.5 Å². The Bertz CT molecular complexity index is 1180. The highest BCUT2D eigenvalue weighted by molar-refractivity contribution is 7.14. The van der Waals surface area contributed by atoms with E-state index in [1.165, 1.54) is 0 Å². The minimum atomic E-state index is 0.0742. The summed E-state index contributed by atoms with van der Waals surface area (Å²) in [6.45, 7) is 3.71. The summed E-state index contributed by atoms with van der Waals surface area (Å²) < 4.78 is 0. The van der Waals surface area contributed by atoms with Gasteiger partial charge in [0.1, 0.15) is 0 Å². The number of para-hydroxylation sites is 2. The van der Waals surface area contributed by atoms with Gasteiger partial charge in [0.25, 0.3) is 0 Å². The van der Waals surface area contributed by atoms with E-state index in [0.29, 0.717) is 6.54 Å². The van der Waals surface area contributed by atoms with Crippen LogP contribution < -0.4 is 9.80 Å². The number of halogens is 1. The topological polar surface area (TPSA) is 39.7 Å². The molecule has 7 heteroatoms. The second kappa shape index (κ2) is 10.4. The molecule has 1 amide bonds. The zero-order valence-electron chi connectivity index (χ0n) is 18.7. The van der Waals surface area contributed by atoms with Crippen molar-refractivity contribution in [3.05, 3.63) is 95.3 Å². The van der Waals surface area contributed by atoms with E-state index in [1.807, 2.05) is 89.8 Å². The highest BCUT2D eigenvalue weighted by Crippen LogP contribution is 2.29. The Hall–Kier alpha value is -3.19. The zero-order chi connectivity index (χ0) is 23.3. The lowest BCUT2D eigenvalue weighted by molar-refractivity contribution is -0.119. The first-order valence-corrected chi connectivity index (χ1v) is 12.5. The molecule has 1 aromatic heterocycles. The van der Waals surface area contributed by atoms with Crippen molar-refractivity contribution in [2.24, 2.45) is 0 Å². The van der Waals surface area contributed by atoms with Crippen molar-refractivity contribution in [1.29, 1.82) is 0 Å². The van der Waals surface area contributed by atoms with Crippen LogP contribution in [0, 0.1) is 0 Å². The van der Waals surface area contributed by atoms with Crippen LogP contribution in [0.3, 0.4) is 0 Å². The molecule has 0 bridgehead atoms. The van der Waals surface area contributed by atoms with Crippen LogP contribution in [0.4, 0.5) is 16.5 Å². The lowest BCUT2D eigenvalue weighted by Crippen LogP contribution is -2.49. The summed E-state index contributed by atoms with van der Waals surface area (Å²) in [5.74, 6) is 0.0742. The van der Waals surface area contributed by atoms with E-state index >= 15 is 0 Å². The van der Waals surface area contributed by atoms with Gasteiger partial charge in [0.05, 0.1) is 12.2 Å². The van der Waals surface area contributed by atoms with E-state index in [2.05, 4.69) is 15.2 Å². The summed E-state index contributed by atoms with van der Waals surface area (Å²) in [7, 11) is 0. The van der Waals surface area contributed by atoms with Gasteiger partial charge in [-0.15, -0.1) is 11.3 Å². The van der Waals surface area contributed by atoms with Crippen LogP contribution in [0.15, 0.2) is 90.3 Å². The molecular formula is C27H25ClN4OS. The van der Waals surface area contributed by atoms with Gasteiger partial charge in [0.15, 0.2) is 5.13 Å². The molecule has 1 aliphatic heterocycles. The van der Waals surface area contributed by atoms with Gasteiger partial charge in [-0.25, -0.2) is 4.98 Å². The second-order valence-corrected chi connectivity index (χ2v) is 9.46. The molecule has 4 aromatic rings. The molecule has 0 aliphatic carbocycles. The number of aromatic nitrogens is 1. The fourth-order valence-electron chi connectivity index (χ4n) is 4.11. The molecular weight excluding hydrogens is 464 g/mol. The Morgan fingerprint density at radius 2 is 1.44 bits per heavy atom. The van der Waals surface area contributed by atoms with E-state index in [9.17, 15) is 4.79 Å². The molecule has 2 heterocycles. The summed E-state index contributed by atoms with van der Waals surface area (Å²) >= 11 is 7.66. The van der Waals surface area contributed by atoms with Crippen LogP contribution in [0.1, 0.15) is 0 Å². The smallest absolute Gasteiger partial charge is 0.245 e. The lowest BCUT2D eigenvalue weighted by Gasteiger charge is -2.35. The van der Waals surface area contributed by atoms with E-state index < -0.39 is 0 Å². The van der Waals surface area contributed by atoms with Crippen molar-refractivity contribution in [2.45, 2.75) is 0 Å². The van der Waals surface area contributed by atoms with Gasteiger partial charge in [-0.05, 0) is 36.4 Å². The maximum absolute atomic E-state index is 13.4. The van der Waals surface area contributed by atoms with Crippen molar-refractivity contribution in [2.75, 3.05) is 42.5 Å².